The molecule has 0 radical (unpaired) electrons. The smallest absolute Gasteiger partial charge is 0.341 e. The first-order valence-electron chi connectivity index (χ1n) is 6.87. The fraction of sp³-hybridized carbons (Fsp3) is 0.188. The summed E-state index contributed by atoms with van der Waals surface area (Å²) in [4.78, 5) is 28.5. The normalized spacial score (nSPS) is 11.7. The van der Waals surface area contributed by atoms with Crippen LogP contribution in [0.3, 0.4) is 0 Å². The number of halogens is 2. The third-order valence-electron chi connectivity index (χ3n) is 2.97. The van der Waals surface area contributed by atoms with E-state index in [0.717, 1.165) is 0 Å². The number of aromatic nitrogens is 1. The standard InChI is InChI=1S/C16H14Cl2N2O3S/c1-9(14(21)20-12-7-10(17)6-11(18)8-12)23-16(22)13-4-3-5-19-15(13)24-2/h3-9H,1-2H3,(H,20,21). The van der Waals surface area contributed by atoms with Crippen LogP contribution in [0.25, 0.3) is 0 Å². The molecule has 1 aromatic carbocycles. The van der Waals surface area contributed by atoms with Crippen molar-refractivity contribution in [2.45, 2.75) is 18.1 Å². The van der Waals surface area contributed by atoms with E-state index in [-0.39, 0.29) is 0 Å². The Kier molecular flexibility index (Phi) is 6.48. The first kappa shape index (κ1) is 18.6. The maximum Gasteiger partial charge on any atom is 0.341 e. The molecule has 0 bridgehead atoms. The van der Waals surface area contributed by atoms with Crippen molar-refractivity contribution in [1.82, 2.24) is 4.98 Å². The average Bonchev–Trinajstić information content (AvgIpc) is 2.53. The zero-order chi connectivity index (χ0) is 17.7. The van der Waals surface area contributed by atoms with Gasteiger partial charge in [0.15, 0.2) is 6.10 Å². The molecule has 2 aromatic rings. The Hall–Kier alpha value is -1.76. The summed E-state index contributed by atoms with van der Waals surface area (Å²) in [7, 11) is 0. The van der Waals surface area contributed by atoms with Crippen molar-refractivity contribution < 1.29 is 14.3 Å². The number of hydrogen-bond acceptors (Lipinski definition) is 5. The Bertz CT molecular complexity index is 750. The number of rotatable bonds is 5. The number of esters is 1. The fourth-order valence-electron chi connectivity index (χ4n) is 1.86. The lowest BCUT2D eigenvalue weighted by atomic mass is 10.2. The molecule has 0 aliphatic rings. The molecule has 0 fully saturated rings. The number of carbonyl (C=O) groups excluding carboxylic acids is 2. The molecule has 8 heteroatoms. The van der Waals surface area contributed by atoms with E-state index in [9.17, 15) is 9.59 Å². The van der Waals surface area contributed by atoms with E-state index in [4.69, 9.17) is 27.9 Å². The van der Waals surface area contributed by atoms with Gasteiger partial charge in [0, 0.05) is 21.9 Å². The van der Waals surface area contributed by atoms with Gasteiger partial charge < -0.3 is 10.1 Å². The number of anilines is 1. The van der Waals surface area contributed by atoms with Gasteiger partial charge in [0.25, 0.3) is 5.91 Å². The van der Waals surface area contributed by atoms with Crippen LogP contribution in [-0.4, -0.2) is 29.2 Å². The van der Waals surface area contributed by atoms with Gasteiger partial charge in [-0.3, -0.25) is 4.79 Å². The van der Waals surface area contributed by atoms with Gasteiger partial charge in [0.1, 0.15) is 5.03 Å². The molecule has 1 unspecified atom stereocenters. The number of nitrogens with zero attached hydrogens (tertiary/aromatic N) is 1. The van der Waals surface area contributed by atoms with Gasteiger partial charge in [-0.25, -0.2) is 9.78 Å². The molecule has 0 aliphatic carbocycles. The zero-order valence-corrected chi connectivity index (χ0v) is 15.2. The first-order valence-corrected chi connectivity index (χ1v) is 8.85. The minimum Gasteiger partial charge on any atom is -0.449 e. The Morgan fingerprint density at radius 1 is 1.25 bits per heavy atom. The number of hydrogen-bond donors (Lipinski definition) is 1. The lowest BCUT2D eigenvalue weighted by molar-refractivity contribution is -0.123. The molecule has 0 aliphatic heterocycles. The second-order valence-electron chi connectivity index (χ2n) is 4.76. The van der Waals surface area contributed by atoms with Gasteiger partial charge in [-0.2, -0.15) is 0 Å². The van der Waals surface area contributed by atoms with Crippen LogP contribution in [0.15, 0.2) is 41.6 Å². The molecule has 1 N–H and O–H groups in total. The lowest BCUT2D eigenvalue weighted by Crippen LogP contribution is -2.30. The maximum atomic E-state index is 12.2. The number of pyridine rings is 1. The number of nitrogens with one attached hydrogen (secondary N) is 1. The van der Waals surface area contributed by atoms with Crippen LogP contribution in [0.2, 0.25) is 10.0 Å². The molecule has 126 valence electrons. The Morgan fingerprint density at radius 3 is 2.54 bits per heavy atom. The second kappa shape index (κ2) is 8.37. The summed E-state index contributed by atoms with van der Waals surface area (Å²) < 4.78 is 5.20. The molecule has 24 heavy (non-hydrogen) atoms. The summed E-state index contributed by atoms with van der Waals surface area (Å²) in [5.74, 6) is -1.10. The predicted molar refractivity (Wildman–Crippen MR) is 96.0 cm³/mol. The van der Waals surface area contributed by atoms with Crippen molar-refractivity contribution in [3.05, 3.63) is 52.1 Å². The second-order valence-corrected chi connectivity index (χ2v) is 6.42. The number of carbonyl (C=O) groups is 2. The Labute approximate surface area is 153 Å². The van der Waals surface area contributed by atoms with Crippen LogP contribution in [0, 0.1) is 0 Å². The van der Waals surface area contributed by atoms with Crippen molar-refractivity contribution in [1.29, 1.82) is 0 Å². The predicted octanol–water partition coefficient (Wildman–Crippen LogP) is 4.29. The van der Waals surface area contributed by atoms with Crippen molar-refractivity contribution in [3.8, 4) is 0 Å². The number of thioether (sulfide) groups is 1. The fourth-order valence-corrected chi connectivity index (χ4v) is 2.92. The van der Waals surface area contributed by atoms with Crippen LogP contribution >= 0.6 is 35.0 Å². The summed E-state index contributed by atoms with van der Waals surface area (Å²) in [6.45, 7) is 1.48. The molecular formula is C16H14Cl2N2O3S. The average molecular weight is 385 g/mol. The maximum absolute atomic E-state index is 12.2. The molecule has 1 aromatic heterocycles. The zero-order valence-electron chi connectivity index (χ0n) is 12.9. The van der Waals surface area contributed by atoms with Crippen LogP contribution in [0.4, 0.5) is 5.69 Å². The minimum atomic E-state index is -0.995. The highest BCUT2D eigenvalue weighted by Gasteiger charge is 2.21. The van der Waals surface area contributed by atoms with E-state index in [1.54, 1.807) is 42.8 Å². The van der Waals surface area contributed by atoms with Gasteiger partial charge >= 0.3 is 5.97 Å². The molecular weight excluding hydrogens is 371 g/mol. The topological polar surface area (TPSA) is 68.3 Å². The summed E-state index contributed by atoms with van der Waals surface area (Å²) in [6, 6.07) is 7.88. The van der Waals surface area contributed by atoms with Crippen LogP contribution in [0.1, 0.15) is 17.3 Å². The summed E-state index contributed by atoms with van der Waals surface area (Å²) in [6.07, 6.45) is 2.39. The first-order chi connectivity index (χ1) is 11.4. The summed E-state index contributed by atoms with van der Waals surface area (Å²) in [5, 5.41) is 3.92. The van der Waals surface area contributed by atoms with Gasteiger partial charge in [0.05, 0.1) is 5.56 Å². The highest BCUT2D eigenvalue weighted by Crippen LogP contribution is 2.23. The van der Waals surface area contributed by atoms with Gasteiger partial charge in [0.2, 0.25) is 0 Å². The van der Waals surface area contributed by atoms with Crippen molar-refractivity contribution in [2.24, 2.45) is 0 Å². The minimum absolute atomic E-state index is 0.315. The van der Waals surface area contributed by atoms with Crippen molar-refractivity contribution >= 4 is 52.5 Å². The molecule has 2 rings (SSSR count). The Morgan fingerprint density at radius 2 is 1.92 bits per heavy atom. The SMILES string of the molecule is CSc1ncccc1C(=O)OC(C)C(=O)Nc1cc(Cl)cc(Cl)c1. The Balaban J connectivity index is 2.04. The molecule has 1 heterocycles. The van der Waals surface area contributed by atoms with Crippen molar-refractivity contribution in [2.75, 3.05) is 11.6 Å². The highest BCUT2D eigenvalue weighted by atomic mass is 35.5. The molecule has 1 atom stereocenters. The number of ether oxygens (including phenoxy) is 1. The molecule has 1 amide bonds. The van der Waals surface area contributed by atoms with Gasteiger partial charge in [-0.1, -0.05) is 23.2 Å². The van der Waals surface area contributed by atoms with E-state index < -0.39 is 18.0 Å². The van der Waals surface area contributed by atoms with E-state index in [1.807, 2.05) is 0 Å². The van der Waals surface area contributed by atoms with E-state index >= 15 is 0 Å². The van der Waals surface area contributed by atoms with E-state index in [0.29, 0.717) is 26.3 Å². The van der Waals surface area contributed by atoms with E-state index in [1.165, 1.54) is 18.7 Å². The van der Waals surface area contributed by atoms with Crippen molar-refractivity contribution in [3.63, 3.8) is 0 Å². The van der Waals surface area contributed by atoms with Crippen LogP contribution in [0.5, 0.6) is 0 Å². The molecule has 0 spiro atoms. The quantitative estimate of drug-likeness (QED) is 0.614. The van der Waals surface area contributed by atoms with Crippen LogP contribution < -0.4 is 5.32 Å². The van der Waals surface area contributed by atoms with Gasteiger partial charge in [-0.05, 0) is 43.5 Å². The van der Waals surface area contributed by atoms with Gasteiger partial charge in [-0.15, -0.1) is 11.8 Å². The highest BCUT2D eigenvalue weighted by molar-refractivity contribution is 7.98. The molecule has 5 nitrogen and oxygen atoms in total. The molecule has 0 saturated carbocycles. The number of amides is 1. The molecule has 0 saturated heterocycles. The third kappa shape index (κ3) is 4.87. The largest absolute Gasteiger partial charge is 0.449 e. The van der Waals surface area contributed by atoms with Crippen LogP contribution in [-0.2, 0) is 9.53 Å². The van der Waals surface area contributed by atoms with E-state index in [2.05, 4.69) is 10.3 Å². The summed E-state index contributed by atoms with van der Waals surface area (Å²) in [5.41, 5.74) is 0.738. The third-order valence-corrected chi connectivity index (χ3v) is 4.12. The summed E-state index contributed by atoms with van der Waals surface area (Å²) >= 11 is 13.1. The monoisotopic (exact) mass is 384 g/mol. The number of benzene rings is 1. The lowest BCUT2D eigenvalue weighted by Gasteiger charge is -2.14.